The summed E-state index contributed by atoms with van der Waals surface area (Å²) in [6.45, 7) is 7.28. The van der Waals surface area contributed by atoms with Gasteiger partial charge < -0.3 is 14.7 Å². The Morgan fingerprint density at radius 2 is 1.77 bits per heavy atom. The van der Waals surface area contributed by atoms with Crippen molar-refractivity contribution in [3.05, 3.63) is 34.9 Å². The van der Waals surface area contributed by atoms with E-state index in [-0.39, 0.29) is 29.9 Å². The summed E-state index contributed by atoms with van der Waals surface area (Å²) in [6, 6.07) is 6.40. The molecule has 1 aromatic rings. The van der Waals surface area contributed by atoms with Gasteiger partial charge in [0.2, 0.25) is 5.91 Å². The molecule has 2 aliphatic rings. The van der Waals surface area contributed by atoms with Crippen molar-refractivity contribution < 1.29 is 19.4 Å². The van der Waals surface area contributed by atoms with E-state index in [9.17, 15) is 9.59 Å². The van der Waals surface area contributed by atoms with Gasteiger partial charge in [-0.15, -0.1) is 0 Å². The number of amides is 1. The van der Waals surface area contributed by atoms with Gasteiger partial charge in [0, 0.05) is 5.92 Å². The van der Waals surface area contributed by atoms with Crippen molar-refractivity contribution in [2.45, 2.75) is 58.6 Å². The third-order valence-corrected chi connectivity index (χ3v) is 5.92. The molecule has 1 aromatic carbocycles. The number of carboxylic acids is 1. The highest BCUT2D eigenvalue weighted by molar-refractivity contribution is 5.80. The van der Waals surface area contributed by atoms with Gasteiger partial charge in [0.15, 0.2) is 0 Å². The Balaban J connectivity index is 1.69. The van der Waals surface area contributed by atoms with Crippen molar-refractivity contribution in [2.24, 2.45) is 11.8 Å². The van der Waals surface area contributed by atoms with Crippen molar-refractivity contribution in [1.29, 1.82) is 0 Å². The normalized spacial score (nSPS) is 29.4. The van der Waals surface area contributed by atoms with Crippen LogP contribution < -0.4 is 0 Å². The van der Waals surface area contributed by atoms with E-state index in [1.165, 1.54) is 11.1 Å². The van der Waals surface area contributed by atoms with Crippen LogP contribution in [0.4, 0.5) is 0 Å². The maximum atomic E-state index is 13.1. The Kier molecular flexibility index (Phi) is 5.66. The molecule has 1 aliphatic heterocycles. The lowest BCUT2D eigenvalue weighted by Gasteiger charge is -2.41. The van der Waals surface area contributed by atoms with Crippen molar-refractivity contribution in [1.82, 2.24) is 4.90 Å². The lowest BCUT2D eigenvalue weighted by Crippen LogP contribution is -2.51. The van der Waals surface area contributed by atoms with Crippen LogP contribution in [-0.4, -0.2) is 41.1 Å². The van der Waals surface area contributed by atoms with Gasteiger partial charge in [0.05, 0.1) is 25.1 Å². The summed E-state index contributed by atoms with van der Waals surface area (Å²) < 4.78 is 6.06. The molecule has 1 saturated carbocycles. The molecule has 0 bridgehead atoms. The zero-order valence-electron chi connectivity index (χ0n) is 15.9. The summed E-state index contributed by atoms with van der Waals surface area (Å²) in [6.07, 6.45) is 2.46. The van der Waals surface area contributed by atoms with Gasteiger partial charge in [-0.1, -0.05) is 23.8 Å². The van der Waals surface area contributed by atoms with E-state index < -0.39 is 5.97 Å². The van der Waals surface area contributed by atoms with Crippen LogP contribution in [0.2, 0.25) is 0 Å². The molecular formula is C21H29NO4. The van der Waals surface area contributed by atoms with Crippen LogP contribution >= 0.6 is 0 Å². The Bertz CT molecular complexity index is 679. The number of carbonyl (C=O) groups excluding carboxylic acids is 1. The lowest BCUT2D eigenvalue weighted by atomic mass is 9.81. The van der Waals surface area contributed by atoms with Crippen LogP contribution in [-0.2, 0) is 14.3 Å². The molecule has 2 atom stereocenters. The molecule has 142 valence electrons. The highest BCUT2D eigenvalue weighted by Gasteiger charge is 2.37. The van der Waals surface area contributed by atoms with E-state index in [1.54, 1.807) is 0 Å². The van der Waals surface area contributed by atoms with Gasteiger partial charge in [-0.05, 0) is 57.6 Å². The number of nitrogens with zero attached hydrogens (tertiary/aromatic N) is 1. The summed E-state index contributed by atoms with van der Waals surface area (Å²) in [7, 11) is 0. The molecule has 0 radical (unpaired) electrons. The predicted molar refractivity (Wildman–Crippen MR) is 98.9 cm³/mol. The number of carbonyl (C=O) groups is 2. The third-order valence-electron chi connectivity index (χ3n) is 5.92. The quantitative estimate of drug-likeness (QED) is 0.897. The average Bonchev–Trinajstić information content (AvgIpc) is 2.64. The second kappa shape index (κ2) is 7.78. The molecule has 3 rings (SSSR count). The molecule has 1 amide bonds. The first-order chi connectivity index (χ1) is 12.4. The number of carboxylic acid groups (broad SMARTS) is 1. The van der Waals surface area contributed by atoms with E-state index in [2.05, 4.69) is 32.0 Å². The van der Waals surface area contributed by atoms with Crippen LogP contribution in [0.5, 0.6) is 0 Å². The maximum absolute atomic E-state index is 13.1. The second-order valence-electron chi connectivity index (χ2n) is 7.91. The zero-order chi connectivity index (χ0) is 18.8. The molecule has 1 aliphatic carbocycles. The molecule has 2 unspecified atom stereocenters. The first kappa shape index (κ1) is 18.9. The van der Waals surface area contributed by atoms with Gasteiger partial charge in [0.25, 0.3) is 0 Å². The van der Waals surface area contributed by atoms with Crippen molar-refractivity contribution in [3.63, 3.8) is 0 Å². The fraction of sp³-hybridized carbons (Fsp3) is 0.619. The second-order valence-corrected chi connectivity index (χ2v) is 7.91. The van der Waals surface area contributed by atoms with Crippen LogP contribution in [0.3, 0.4) is 0 Å². The lowest BCUT2D eigenvalue weighted by molar-refractivity contribution is -0.152. The van der Waals surface area contributed by atoms with Crippen molar-refractivity contribution in [3.8, 4) is 0 Å². The summed E-state index contributed by atoms with van der Waals surface area (Å²) >= 11 is 0. The number of aryl methyl sites for hydroxylation is 2. The van der Waals surface area contributed by atoms with Gasteiger partial charge in [0.1, 0.15) is 6.10 Å². The minimum absolute atomic E-state index is 0.0505. The minimum Gasteiger partial charge on any atom is -0.481 e. The minimum atomic E-state index is -0.731. The Hall–Kier alpha value is -1.88. The van der Waals surface area contributed by atoms with Crippen LogP contribution in [0.1, 0.15) is 55.4 Å². The van der Waals surface area contributed by atoms with Crippen molar-refractivity contribution in [2.75, 3.05) is 13.2 Å². The predicted octanol–water partition coefficient (Wildman–Crippen LogP) is 3.48. The van der Waals surface area contributed by atoms with Gasteiger partial charge in [-0.25, -0.2) is 0 Å². The van der Waals surface area contributed by atoms with Crippen LogP contribution in [0.15, 0.2) is 18.2 Å². The number of aliphatic carboxylic acids is 1. The first-order valence-electron chi connectivity index (χ1n) is 9.59. The summed E-state index contributed by atoms with van der Waals surface area (Å²) in [5.74, 6) is -0.903. The fourth-order valence-electron chi connectivity index (χ4n) is 4.18. The maximum Gasteiger partial charge on any atom is 0.306 e. The largest absolute Gasteiger partial charge is 0.481 e. The summed E-state index contributed by atoms with van der Waals surface area (Å²) in [5, 5.41) is 9.15. The van der Waals surface area contributed by atoms with Gasteiger partial charge >= 0.3 is 5.97 Å². The SMILES string of the molecule is Cc1ccc(C)c(C2CN(C(=O)C3CCC(C(=O)O)CC3)C(C)CO2)c1. The number of ether oxygens (including phenoxy) is 1. The molecule has 1 heterocycles. The fourth-order valence-corrected chi connectivity index (χ4v) is 4.18. The Morgan fingerprint density at radius 1 is 1.12 bits per heavy atom. The van der Waals surface area contributed by atoms with Gasteiger partial charge in [-0.2, -0.15) is 0 Å². The third kappa shape index (κ3) is 3.93. The molecule has 0 aromatic heterocycles. The molecule has 0 spiro atoms. The monoisotopic (exact) mass is 359 g/mol. The number of morpholine rings is 1. The highest BCUT2D eigenvalue weighted by atomic mass is 16.5. The van der Waals surface area contributed by atoms with E-state index >= 15 is 0 Å². The highest BCUT2D eigenvalue weighted by Crippen LogP contribution is 2.33. The smallest absolute Gasteiger partial charge is 0.306 e. The zero-order valence-corrected chi connectivity index (χ0v) is 15.9. The van der Waals surface area contributed by atoms with E-state index in [0.29, 0.717) is 38.8 Å². The van der Waals surface area contributed by atoms with E-state index in [1.807, 2.05) is 11.8 Å². The standard InChI is InChI=1S/C21H29NO4/c1-13-4-5-14(2)18(10-13)19-11-22(15(3)12-26-19)20(23)16-6-8-17(9-7-16)21(24)25/h4-5,10,15-17,19H,6-9,11-12H2,1-3H3,(H,24,25). The Labute approximate surface area is 155 Å². The molecule has 2 fully saturated rings. The number of rotatable bonds is 3. The molecule has 5 heteroatoms. The van der Waals surface area contributed by atoms with E-state index in [0.717, 1.165) is 5.56 Å². The molecule has 26 heavy (non-hydrogen) atoms. The number of benzene rings is 1. The molecule has 1 saturated heterocycles. The molecular weight excluding hydrogens is 330 g/mol. The number of hydrogen-bond donors (Lipinski definition) is 1. The van der Waals surface area contributed by atoms with Crippen molar-refractivity contribution >= 4 is 11.9 Å². The van der Waals surface area contributed by atoms with E-state index in [4.69, 9.17) is 9.84 Å². The van der Waals surface area contributed by atoms with Crippen LogP contribution in [0, 0.1) is 25.7 Å². The number of hydrogen-bond acceptors (Lipinski definition) is 3. The topological polar surface area (TPSA) is 66.8 Å². The van der Waals surface area contributed by atoms with Crippen LogP contribution in [0.25, 0.3) is 0 Å². The van der Waals surface area contributed by atoms with Gasteiger partial charge in [-0.3, -0.25) is 9.59 Å². The Morgan fingerprint density at radius 3 is 2.42 bits per heavy atom. The average molecular weight is 359 g/mol. The molecule has 1 N–H and O–H groups in total. The summed E-state index contributed by atoms with van der Waals surface area (Å²) in [4.78, 5) is 26.2. The summed E-state index contributed by atoms with van der Waals surface area (Å²) in [5.41, 5.74) is 3.53. The first-order valence-corrected chi connectivity index (χ1v) is 9.59. The molecule has 5 nitrogen and oxygen atoms in total.